The van der Waals surface area contributed by atoms with Crippen LogP contribution in [0.25, 0.3) is 0 Å². The Kier molecular flexibility index (Phi) is 13.0. The van der Waals surface area contributed by atoms with Crippen LogP contribution in [0.3, 0.4) is 0 Å². The minimum absolute atomic E-state index is 0.287. The van der Waals surface area contributed by atoms with E-state index in [0.717, 1.165) is 30.4 Å². The van der Waals surface area contributed by atoms with Crippen molar-refractivity contribution in [1.82, 2.24) is 4.73 Å². The molecule has 0 spiro atoms. The number of carbonyl (C=O) groups is 1. The van der Waals surface area contributed by atoms with Crippen LogP contribution < -0.4 is 4.84 Å². The molecule has 0 atom stereocenters. The molecule has 0 aromatic carbocycles. The molecule has 0 amide bonds. The van der Waals surface area contributed by atoms with Crippen LogP contribution in [0.2, 0.25) is 0 Å². The van der Waals surface area contributed by atoms with Gasteiger partial charge in [-0.25, -0.2) is 4.79 Å². The Balaban J connectivity index is 1.89. The molecule has 0 bridgehead atoms. The lowest BCUT2D eigenvalue weighted by atomic mass is 10.1. The highest BCUT2D eigenvalue weighted by molar-refractivity contribution is 5.69. The second kappa shape index (κ2) is 15.2. The third-order valence-electron chi connectivity index (χ3n) is 4.63. The molecule has 1 rings (SSSR count). The van der Waals surface area contributed by atoms with E-state index in [2.05, 4.69) is 19.1 Å². The third-order valence-corrected chi connectivity index (χ3v) is 4.63. The third kappa shape index (κ3) is 11.4. The van der Waals surface area contributed by atoms with Crippen LogP contribution in [0.5, 0.6) is 11.8 Å². The SMILES string of the molecule is CCCCCCCCC=CCCCCCCCC(=O)On1c(O)ccc1O. The smallest absolute Gasteiger partial charge is 0.333 e. The molecular formula is C22H37NO4. The summed E-state index contributed by atoms with van der Waals surface area (Å²) in [5.41, 5.74) is 0. The van der Waals surface area contributed by atoms with Crippen LogP contribution in [0.1, 0.15) is 96.8 Å². The van der Waals surface area contributed by atoms with Crippen molar-refractivity contribution in [2.75, 3.05) is 0 Å². The molecule has 0 aliphatic rings. The summed E-state index contributed by atoms with van der Waals surface area (Å²) in [6.07, 6.45) is 20.6. The number of carbonyl (C=O) groups excluding carboxylic acids is 1. The average Bonchev–Trinajstić information content (AvgIpc) is 2.97. The van der Waals surface area contributed by atoms with Crippen LogP contribution in [0, 0.1) is 0 Å². The van der Waals surface area contributed by atoms with Crippen molar-refractivity contribution in [3.8, 4) is 11.8 Å². The summed E-state index contributed by atoms with van der Waals surface area (Å²) in [5.74, 6) is -1.02. The maximum atomic E-state index is 11.7. The van der Waals surface area contributed by atoms with Gasteiger partial charge in [-0.15, -0.1) is 4.73 Å². The van der Waals surface area contributed by atoms with Gasteiger partial charge in [-0.05, 0) is 32.1 Å². The highest BCUT2D eigenvalue weighted by atomic mass is 16.7. The topological polar surface area (TPSA) is 71.7 Å². The van der Waals surface area contributed by atoms with Gasteiger partial charge in [-0.3, -0.25) is 0 Å². The largest absolute Gasteiger partial charge is 0.492 e. The Labute approximate surface area is 164 Å². The van der Waals surface area contributed by atoms with Crippen molar-refractivity contribution in [2.45, 2.75) is 96.8 Å². The number of aromatic hydroxyl groups is 2. The van der Waals surface area contributed by atoms with Gasteiger partial charge in [0.05, 0.1) is 0 Å². The van der Waals surface area contributed by atoms with Crippen molar-refractivity contribution in [2.24, 2.45) is 0 Å². The van der Waals surface area contributed by atoms with Crippen molar-refractivity contribution in [1.29, 1.82) is 0 Å². The molecule has 0 aliphatic carbocycles. The highest BCUT2D eigenvalue weighted by Gasteiger charge is 2.11. The Morgan fingerprint density at radius 2 is 1.33 bits per heavy atom. The van der Waals surface area contributed by atoms with Gasteiger partial charge in [-0.1, -0.05) is 70.4 Å². The summed E-state index contributed by atoms with van der Waals surface area (Å²) >= 11 is 0. The van der Waals surface area contributed by atoms with E-state index < -0.39 is 5.97 Å². The Bertz CT molecular complexity index is 517. The molecule has 0 aliphatic heterocycles. The molecule has 0 unspecified atom stereocenters. The van der Waals surface area contributed by atoms with Gasteiger partial charge in [0.15, 0.2) is 0 Å². The summed E-state index contributed by atoms with van der Waals surface area (Å²) in [6.45, 7) is 2.25. The molecule has 5 nitrogen and oxygen atoms in total. The molecule has 27 heavy (non-hydrogen) atoms. The van der Waals surface area contributed by atoms with E-state index in [-0.39, 0.29) is 18.2 Å². The van der Waals surface area contributed by atoms with E-state index >= 15 is 0 Å². The first kappa shape index (κ1) is 23.1. The first-order valence-corrected chi connectivity index (χ1v) is 10.6. The van der Waals surface area contributed by atoms with E-state index in [4.69, 9.17) is 4.84 Å². The Hall–Kier alpha value is -1.91. The molecule has 1 aromatic heterocycles. The molecule has 0 radical (unpaired) electrons. The van der Waals surface area contributed by atoms with Gasteiger partial charge in [0.25, 0.3) is 0 Å². The number of allylic oxidation sites excluding steroid dienone is 2. The minimum Gasteiger partial charge on any atom is -0.492 e. The van der Waals surface area contributed by atoms with E-state index in [9.17, 15) is 15.0 Å². The Morgan fingerprint density at radius 1 is 0.852 bits per heavy atom. The summed E-state index contributed by atoms with van der Waals surface area (Å²) in [5, 5.41) is 18.8. The highest BCUT2D eigenvalue weighted by Crippen LogP contribution is 2.19. The van der Waals surface area contributed by atoms with Gasteiger partial charge < -0.3 is 15.1 Å². The van der Waals surface area contributed by atoms with Crippen molar-refractivity contribution in [3.05, 3.63) is 24.3 Å². The van der Waals surface area contributed by atoms with E-state index in [0.29, 0.717) is 0 Å². The molecule has 154 valence electrons. The molecule has 1 aromatic rings. The molecule has 0 fully saturated rings. The minimum atomic E-state index is -0.450. The number of hydrogen-bond donors (Lipinski definition) is 2. The van der Waals surface area contributed by atoms with E-state index in [1.54, 1.807) is 0 Å². The van der Waals surface area contributed by atoms with Crippen molar-refractivity contribution < 1.29 is 19.8 Å². The zero-order chi connectivity index (χ0) is 19.7. The second-order valence-corrected chi connectivity index (χ2v) is 7.14. The van der Waals surface area contributed by atoms with Crippen LogP contribution in [0.4, 0.5) is 0 Å². The average molecular weight is 380 g/mol. The number of hydrogen-bond acceptors (Lipinski definition) is 4. The van der Waals surface area contributed by atoms with Gasteiger partial charge in [0.1, 0.15) is 0 Å². The number of aromatic nitrogens is 1. The molecule has 0 saturated heterocycles. The first-order valence-electron chi connectivity index (χ1n) is 10.6. The zero-order valence-corrected chi connectivity index (χ0v) is 16.9. The monoisotopic (exact) mass is 379 g/mol. The zero-order valence-electron chi connectivity index (χ0n) is 16.9. The van der Waals surface area contributed by atoms with Gasteiger partial charge in [0.2, 0.25) is 11.8 Å². The predicted molar refractivity (Wildman–Crippen MR) is 109 cm³/mol. The quantitative estimate of drug-likeness (QED) is 0.277. The molecule has 0 saturated carbocycles. The van der Waals surface area contributed by atoms with E-state index in [1.165, 1.54) is 69.9 Å². The maximum Gasteiger partial charge on any atom is 0.333 e. The summed E-state index contributed by atoms with van der Waals surface area (Å²) in [4.78, 5) is 16.6. The fourth-order valence-corrected chi connectivity index (χ4v) is 2.98. The van der Waals surface area contributed by atoms with Crippen LogP contribution in [-0.2, 0) is 4.79 Å². The maximum absolute atomic E-state index is 11.7. The molecular weight excluding hydrogens is 342 g/mol. The number of nitrogens with zero attached hydrogens (tertiary/aromatic N) is 1. The lowest BCUT2D eigenvalue weighted by Gasteiger charge is -2.06. The second-order valence-electron chi connectivity index (χ2n) is 7.14. The Morgan fingerprint density at radius 3 is 1.89 bits per heavy atom. The molecule has 2 N–H and O–H groups in total. The normalized spacial score (nSPS) is 11.3. The van der Waals surface area contributed by atoms with Crippen molar-refractivity contribution >= 4 is 5.97 Å². The summed E-state index contributed by atoms with van der Waals surface area (Å²) in [7, 11) is 0. The molecule has 1 heterocycles. The number of unbranched alkanes of at least 4 members (excludes halogenated alkanes) is 11. The van der Waals surface area contributed by atoms with Gasteiger partial charge >= 0.3 is 5.97 Å². The fraction of sp³-hybridized carbons (Fsp3) is 0.682. The number of rotatable bonds is 16. The lowest BCUT2D eigenvalue weighted by Crippen LogP contribution is -2.18. The van der Waals surface area contributed by atoms with E-state index in [1.807, 2.05) is 0 Å². The summed E-state index contributed by atoms with van der Waals surface area (Å²) in [6, 6.07) is 2.54. The van der Waals surface area contributed by atoms with Crippen LogP contribution in [-0.4, -0.2) is 20.9 Å². The van der Waals surface area contributed by atoms with Crippen molar-refractivity contribution in [3.63, 3.8) is 0 Å². The standard InChI is InChI=1S/C22H37NO4/c1-2-3-4-5-6-7-8-9-10-11-12-13-14-15-16-17-22(26)27-23-20(24)18-19-21(23)25/h9-10,18-19,24-25H,2-8,11-17H2,1H3. The van der Waals surface area contributed by atoms with Crippen LogP contribution >= 0.6 is 0 Å². The van der Waals surface area contributed by atoms with Gasteiger partial charge in [0, 0.05) is 18.6 Å². The molecule has 5 heteroatoms. The van der Waals surface area contributed by atoms with Crippen LogP contribution in [0.15, 0.2) is 24.3 Å². The fourth-order valence-electron chi connectivity index (χ4n) is 2.98. The first-order chi connectivity index (χ1) is 13.1. The predicted octanol–water partition coefficient (Wildman–Crippen LogP) is 5.89. The van der Waals surface area contributed by atoms with Gasteiger partial charge in [-0.2, -0.15) is 0 Å². The lowest BCUT2D eigenvalue weighted by molar-refractivity contribution is -0.145. The summed E-state index contributed by atoms with van der Waals surface area (Å²) < 4.78 is 0.736.